The number of nitrogens with zero attached hydrogens (tertiary/aromatic N) is 1. The maximum Gasteiger partial charge on any atom is 0.101 e. The minimum Gasteiger partial charge on any atom is -0.380 e. The van der Waals surface area contributed by atoms with Gasteiger partial charge in [-0.15, -0.1) is 0 Å². The minimum atomic E-state index is 0.518. The van der Waals surface area contributed by atoms with Crippen LogP contribution in [0.3, 0.4) is 0 Å². The van der Waals surface area contributed by atoms with Crippen molar-refractivity contribution in [3.8, 4) is 6.07 Å². The van der Waals surface area contributed by atoms with E-state index in [2.05, 4.69) is 24.4 Å². The molecule has 1 N–H and O–H groups in total. The Bertz CT molecular complexity index is 450. The normalized spacial score (nSPS) is 22.7. The van der Waals surface area contributed by atoms with Crippen molar-refractivity contribution < 1.29 is 0 Å². The van der Waals surface area contributed by atoms with E-state index in [1.54, 1.807) is 0 Å². The van der Waals surface area contributed by atoms with Crippen molar-refractivity contribution in [2.45, 2.75) is 44.4 Å². The van der Waals surface area contributed by atoms with Crippen LogP contribution in [0.5, 0.6) is 0 Å². The molecule has 3 heteroatoms. The molecule has 1 aromatic carbocycles. The molecule has 0 aromatic heterocycles. The van der Waals surface area contributed by atoms with Crippen LogP contribution in [0.1, 0.15) is 37.3 Å². The molecular formula is C15H20N2S. The Balaban J connectivity index is 2.11. The summed E-state index contributed by atoms with van der Waals surface area (Å²) >= 11 is 2.04. The van der Waals surface area contributed by atoms with E-state index in [0.29, 0.717) is 11.3 Å². The van der Waals surface area contributed by atoms with Gasteiger partial charge >= 0.3 is 0 Å². The molecule has 0 bridgehead atoms. The molecule has 2 nitrogen and oxygen atoms in total. The van der Waals surface area contributed by atoms with E-state index >= 15 is 0 Å². The van der Waals surface area contributed by atoms with E-state index in [9.17, 15) is 5.26 Å². The average Bonchev–Trinajstić information content (AvgIpc) is 2.79. The van der Waals surface area contributed by atoms with Crippen LogP contribution in [0.4, 0.5) is 5.69 Å². The van der Waals surface area contributed by atoms with E-state index in [4.69, 9.17) is 0 Å². The topological polar surface area (TPSA) is 35.8 Å². The highest BCUT2D eigenvalue weighted by molar-refractivity contribution is 7.99. The van der Waals surface area contributed by atoms with Crippen LogP contribution in [0, 0.1) is 18.3 Å². The highest BCUT2D eigenvalue weighted by Crippen LogP contribution is 2.32. The van der Waals surface area contributed by atoms with E-state index in [-0.39, 0.29) is 0 Å². The smallest absolute Gasteiger partial charge is 0.101 e. The van der Waals surface area contributed by atoms with Gasteiger partial charge in [0.25, 0.3) is 0 Å². The van der Waals surface area contributed by atoms with Gasteiger partial charge in [0.2, 0.25) is 0 Å². The Morgan fingerprint density at radius 2 is 2.28 bits per heavy atom. The summed E-state index contributed by atoms with van der Waals surface area (Å²) < 4.78 is 0. The monoisotopic (exact) mass is 260 g/mol. The first kappa shape index (κ1) is 13.3. The third kappa shape index (κ3) is 3.00. The Labute approximate surface area is 114 Å². The number of thioether (sulfide) groups is 1. The quantitative estimate of drug-likeness (QED) is 0.890. The molecule has 0 heterocycles. The molecule has 2 unspecified atom stereocenters. The Hall–Kier alpha value is -1.14. The Morgan fingerprint density at radius 3 is 3.00 bits per heavy atom. The Morgan fingerprint density at radius 1 is 1.44 bits per heavy atom. The number of anilines is 1. The average molecular weight is 260 g/mol. The van der Waals surface area contributed by atoms with Crippen molar-refractivity contribution in [3.05, 3.63) is 29.3 Å². The van der Waals surface area contributed by atoms with Crippen LogP contribution in [0.15, 0.2) is 18.2 Å². The van der Waals surface area contributed by atoms with Crippen LogP contribution in [-0.4, -0.2) is 17.0 Å². The predicted octanol–water partition coefficient (Wildman–Crippen LogP) is 3.95. The predicted molar refractivity (Wildman–Crippen MR) is 79.1 cm³/mol. The summed E-state index contributed by atoms with van der Waals surface area (Å²) in [5.74, 6) is 1.17. The lowest BCUT2D eigenvalue weighted by atomic mass is 10.1. The lowest BCUT2D eigenvalue weighted by Gasteiger charge is -2.22. The fourth-order valence-corrected chi connectivity index (χ4v) is 3.78. The molecule has 1 aliphatic rings. The largest absolute Gasteiger partial charge is 0.380 e. The second-order valence-electron chi connectivity index (χ2n) is 4.84. The van der Waals surface area contributed by atoms with E-state index in [0.717, 1.165) is 16.8 Å². The summed E-state index contributed by atoms with van der Waals surface area (Å²) in [5, 5.41) is 13.5. The molecule has 0 radical (unpaired) electrons. The molecule has 1 saturated carbocycles. The van der Waals surface area contributed by atoms with E-state index < -0.39 is 0 Å². The molecule has 1 aromatic rings. The van der Waals surface area contributed by atoms with Crippen LogP contribution in [0.25, 0.3) is 0 Å². The highest BCUT2D eigenvalue weighted by atomic mass is 32.2. The van der Waals surface area contributed by atoms with Crippen molar-refractivity contribution >= 4 is 17.4 Å². The molecule has 18 heavy (non-hydrogen) atoms. The zero-order valence-electron chi connectivity index (χ0n) is 11.1. The van der Waals surface area contributed by atoms with Gasteiger partial charge < -0.3 is 5.32 Å². The molecule has 2 atom stereocenters. The lowest BCUT2D eigenvalue weighted by molar-refractivity contribution is 0.767. The molecule has 1 aliphatic carbocycles. The molecular weight excluding hydrogens is 240 g/mol. The van der Waals surface area contributed by atoms with E-state index in [1.165, 1.54) is 25.0 Å². The molecule has 1 fully saturated rings. The summed E-state index contributed by atoms with van der Waals surface area (Å²) in [5.41, 5.74) is 2.90. The Kier molecular flexibility index (Phi) is 4.54. The zero-order chi connectivity index (χ0) is 13.0. The fraction of sp³-hybridized carbons (Fsp3) is 0.533. The van der Waals surface area contributed by atoms with Gasteiger partial charge in [-0.2, -0.15) is 17.0 Å². The summed E-state index contributed by atoms with van der Waals surface area (Å²) in [4.78, 5) is 0. The van der Waals surface area contributed by atoms with Crippen molar-refractivity contribution in [2.75, 3.05) is 11.1 Å². The number of benzene rings is 1. The van der Waals surface area contributed by atoms with Gasteiger partial charge in [-0.25, -0.2) is 0 Å². The van der Waals surface area contributed by atoms with Crippen molar-refractivity contribution in [1.29, 1.82) is 5.26 Å². The van der Waals surface area contributed by atoms with Gasteiger partial charge in [0, 0.05) is 11.3 Å². The SMILES string of the molecule is CCSC1CCCC1Nc1ccc(C)cc1C#N. The van der Waals surface area contributed by atoms with Gasteiger partial charge in [-0.3, -0.25) is 0 Å². The van der Waals surface area contributed by atoms with Gasteiger partial charge in [0.1, 0.15) is 6.07 Å². The van der Waals surface area contributed by atoms with Gasteiger partial charge in [0.05, 0.1) is 11.3 Å². The van der Waals surface area contributed by atoms with Crippen LogP contribution in [0.2, 0.25) is 0 Å². The molecule has 96 valence electrons. The van der Waals surface area contributed by atoms with Gasteiger partial charge in [0.15, 0.2) is 0 Å². The molecule has 0 aliphatic heterocycles. The van der Waals surface area contributed by atoms with Crippen LogP contribution >= 0.6 is 11.8 Å². The summed E-state index contributed by atoms with van der Waals surface area (Å²) in [6, 6.07) is 8.87. The second-order valence-corrected chi connectivity index (χ2v) is 6.35. The molecule has 2 rings (SSSR count). The number of aryl methyl sites for hydroxylation is 1. The van der Waals surface area contributed by atoms with E-state index in [1.807, 2.05) is 30.8 Å². The molecule has 0 amide bonds. The third-order valence-corrected chi connectivity index (χ3v) is 4.80. The van der Waals surface area contributed by atoms with Crippen molar-refractivity contribution in [2.24, 2.45) is 0 Å². The summed E-state index contributed by atoms with van der Waals surface area (Å²) in [7, 11) is 0. The second kappa shape index (κ2) is 6.15. The number of nitrogens with one attached hydrogen (secondary N) is 1. The molecule has 0 spiro atoms. The summed E-state index contributed by atoms with van der Waals surface area (Å²) in [6.45, 7) is 4.24. The van der Waals surface area contributed by atoms with Crippen LogP contribution in [-0.2, 0) is 0 Å². The number of hydrogen-bond donors (Lipinski definition) is 1. The number of hydrogen-bond acceptors (Lipinski definition) is 3. The highest BCUT2D eigenvalue weighted by Gasteiger charge is 2.27. The minimum absolute atomic E-state index is 0.518. The first-order valence-electron chi connectivity index (χ1n) is 6.63. The van der Waals surface area contributed by atoms with Gasteiger partial charge in [-0.05, 0) is 43.2 Å². The molecule has 0 saturated heterocycles. The number of rotatable bonds is 4. The maximum absolute atomic E-state index is 9.19. The van der Waals surface area contributed by atoms with Crippen molar-refractivity contribution in [1.82, 2.24) is 0 Å². The first-order valence-corrected chi connectivity index (χ1v) is 7.68. The zero-order valence-corrected chi connectivity index (χ0v) is 11.9. The van der Waals surface area contributed by atoms with Gasteiger partial charge in [-0.1, -0.05) is 19.4 Å². The third-order valence-electron chi connectivity index (χ3n) is 3.47. The lowest BCUT2D eigenvalue weighted by Crippen LogP contribution is -2.26. The van der Waals surface area contributed by atoms with Crippen molar-refractivity contribution in [3.63, 3.8) is 0 Å². The first-order chi connectivity index (χ1) is 8.74. The fourth-order valence-electron chi connectivity index (χ4n) is 2.58. The van der Waals surface area contributed by atoms with Crippen LogP contribution < -0.4 is 5.32 Å². The number of nitriles is 1. The standard InChI is InChI=1S/C15H20N2S/c1-3-18-15-6-4-5-14(15)17-13-8-7-11(2)9-12(13)10-16/h7-9,14-15,17H,3-6H2,1-2H3. The maximum atomic E-state index is 9.19. The summed E-state index contributed by atoms with van der Waals surface area (Å²) in [6.07, 6.45) is 3.81.